The quantitative estimate of drug-likeness (QED) is 0.687. The predicted molar refractivity (Wildman–Crippen MR) is 113 cm³/mol. The second kappa shape index (κ2) is 10.7. The summed E-state index contributed by atoms with van der Waals surface area (Å²) in [6.07, 6.45) is 1.35. The number of hydrogen-bond acceptors (Lipinski definition) is 4. The van der Waals surface area contributed by atoms with Gasteiger partial charge in [-0.05, 0) is 31.2 Å². The molecule has 7 heteroatoms. The van der Waals surface area contributed by atoms with E-state index in [9.17, 15) is 14.0 Å². The van der Waals surface area contributed by atoms with Crippen LogP contribution in [0.25, 0.3) is 6.08 Å². The van der Waals surface area contributed by atoms with Gasteiger partial charge in [-0.25, -0.2) is 4.39 Å². The van der Waals surface area contributed by atoms with Crippen molar-refractivity contribution in [1.82, 2.24) is 15.5 Å². The largest absolute Gasteiger partial charge is 0.379 e. The Morgan fingerprint density at radius 3 is 2.50 bits per heavy atom. The van der Waals surface area contributed by atoms with E-state index in [4.69, 9.17) is 4.74 Å². The predicted octanol–water partition coefficient (Wildman–Crippen LogP) is 2.35. The molecule has 0 radical (unpaired) electrons. The van der Waals surface area contributed by atoms with Gasteiger partial charge in [0.05, 0.1) is 13.2 Å². The van der Waals surface area contributed by atoms with Crippen LogP contribution in [0.3, 0.4) is 0 Å². The Morgan fingerprint density at radius 2 is 1.80 bits per heavy atom. The molecule has 1 aliphatic rings. The molecule has 2 aromatic rings. The summed E-state index contributed by atoms with van der Waals surface area (Å²) in [5.74, 6) is -1.37. The highest BCUT2D eigenvalue weighted by Gasteiger charge is 2.16. The SMILES string of the molecule is Cc1ccc(C(=O)NC(=Cc2ccccc2F)C(=O)NCCN2CCOCC2)cc1. The number of carbonyl (C=O) groups is 2. The van der Waals surface area contributed by atoms with Gasteiger partial charge in [0.1, 0.15) is 11.5 Å². The maximum absolute atomic E-state index is 14.1. The Balaban J connectivity index is 1.71. The fourth-order valence-electron chi connectivity index (χ4n) is 3.05. The van der Waals surface area contributed by atoms with Gasteiger partial charge in [-0.15, -0.1) is 0 Å². The van der Waals surface area contributed by atoms with Crippen molar-refractivity contribution in [1.29, 1.82) is 0 Å². The number of nitrogens with zero attached hydrogens (tertiary/aromatic N) is 1. The summed E-state index contributed by atoms with van der Waals surface area (Å²) < 4.78 is 19.4. The van der Waals surface area contributed by atoms with Gasteiger partial charge in [0.2, 0.25) is 0 Å². The molecular formula is C23H26FN3O3. The molecule has 1 heterocycles. The van der Waals surface area contributed by atoms with E-state index < -0.39 is 17.6 Å². The lowest BCUT2D eigenvalue weighted by atomic mass is 10.1. The Kier molecular flexibility index (Phi) is 7.70. The van der Waals surface area contributed by atoms with Gasteiger partial charge < -0.3 is 15.4 Å². The highest BCUT2D eigenvalue weighted by atomic mass is 19.1. The van der Waals surface area contributed by atoms with Crippen molar-refractivity contribution in [2.45, 2.75) is 6.92 Å². The third-order valence-electron chi connectivity index (χ3n) is 4.83. The first-order valence-corrected chi connectivity index (χ1v) is 9.95. The number of hydrogen-bond donors (Lipinski definition) is 2. The van der Waals surface area contributed by atoms with Crippen LogP contribution in [0.4, 0.5) is 4.39 Å². The van der Waals surface area contributed by atoms with Crippen LogP contribution in [0.5, 0.6) is 0 Å². The number of benzene rings is 2. The van der Waals surface area contributed by atoms with Gasteiger partial charge in [0.25, 0.3) is 11.8 Å². The normalized spacial score (nSPS) is 14.9. The highest BCUT2D eigenvalue weighted by molar-refractivity contribution is 6.05. The van der Waals surface area contributed by atoms with E-state index in [1.807, 2.05) is 19.1 Å². The number of morpholine rings is 1. The van der Waals surface area contributed by atoms with Crippen LogP contribution >= 0.6 is 0 Å². The van der Waals surface area contributed by atoms with Gasteiger partial charge in [-0.3, -0.25) is 14.5 Å². The van der Waals surface area contributed by atoms with E-state index in [1.54, 1.807) is 30.3 Å². The Bertz CT molecular complexity index is 906. The number of halogens is 1. The minimum atomic E-state index is -0.472. The molecule has 1 fully saturated rings. The van der Waals surface area contributed by atoms with Gasteiger partial charge in [-0.2, -0.15) is 0 Å². The molecule has 1 saturated heterocycles. The van der Waals surface area contributed by atoms with Crippen molar-refractivity contribution >= 4 is 17.9 Å². The van der Waals surface area contributed by atoms with Crippen LogP contribution in [-0.4, -0.2) is 56.1 Å². The monoisotopic (exact) mass is 411 g/mol. The zero-order valence-electron chi connectivity index (χ0n) is 17.0. The third-order valence-corrected chi connectivity index (χ3v) is 4.83. The number of rotatable bonds is 7. The molecule has 2 amide bonds. The van der Waals surface area contributed by atoms with Crippen LogP contribution in [-0.2, 0) is 9.53 Å². The lowest BCUT2D eigenvalue weighted by Crippen LogP contribution is -2.42. The van der Waals surface area contributed by atoms with Crippen molar-refractivity contribution in [3.05, 3.63) is 76.7 Å². The molecule has 0 aromatic heterocycles. The average molecular weight is 411 g/mol. The van der Waals surface area contributed by atoms with E-state index in [0.29, 0.717) is 31.9 Å². The first-order valence-electron chi connectivity index (χ1n) is 9.95. The molecule has 0 unspecified atom stereocenters. The minimum absolute atomic E-state index is 0.00680. The molecule has 6 nitrogen and oxygen atoms in total. The molecule has 2 N–H and O–H groups in total. The number of aryl methyl sites for hydroxylation is 1. The van der Waals surface area contributed by atoms with E-state index >= 15 is 0 Å². The maximum atomic E-state index is 14.1. The lowest BCUT2D eigenvalue weighted by molar-refractivity contribution is -0.117. The number of carbonyl (C=O) groups excluding carboxylic acids is 2. The van der Waals surface area contributed by atoms with Crippen molar-refractivity contribution in [3.8, 4) is 0 Å². The fraction of sp³-hybridized carbons (Fsp3) is 0.304. The van der Waals surface area contributed by atoms with Crippen LogP contribution in [0.15, 0.2) is 54.2 Å². The molecule has 0 bridgehead atoms. The van der Waals surface area contributed by atoms with Crippen molar-refractivity contribution in [2.24, 2.45) is 0 Å². The molecule has 0 atom stereocenters. The first kappa shape index (κ1) is 21.7. The summed E-state index contributed by atoms with van der Waals surface area (Å²) in [6, 6.07) is 13.1. The van der Waals surface area contributed by atoms with Crippen LogP contribution in [0, 0.1) is 12.7 Å². The van der Waals surface area contributed by atoms with E-state index in [-0.39, 0.29) is 11.3 Å². The first-order chi connectivity index (χ1) is 14.5. The molecular weight excluding hydrogens is 385 g/mol. The minimum Gasteiger partial charge on any atom is -0.379 e. The molecule has 0 aliphatic carbocycles. The zero-order chi connectivity index (χ0) is 21.3. The maximum Gasteiger partial charge on any atom is 0.267 e. The third kappa shape index (κ3) is 6.23. The summed E-state index contributed by atoms with van der Waals surface area (Å²) in [7, 11) is 0. The summed E-state index contributed by atoms with van der Waals surface area (Å²) in [6.45, 7) is 6.00. The summed E-state index contributed by atoms with van der Waals surface area (Å²) >= 11 is 0. The Labute approximate surface area is 175 Å². The highest BCUT2D eigenvalue weighted by Crippen LogP contribution is 2.12. The van der Waals surface area contributed by atoms with Gasteiger partial charge in [0.15, 0.2) is 0 Å². The number of ether oxygens (including phenoxy) is 1. The summed E-state index contributed by atoms with van der Waals surface area (Å²) in [4.78, 5) is 27.6. The summed E-state index contributed by atoms with van der Waals surface area (Å²) in [5.41, 5.74) is 1.66. The van der Waals surface area contributed by atoms with Crippen LogP contribution in [0.1, 0.15) is 21.5 Å². The number of nitrogens with one attached hydrogen (secondary N) is 2. The van der Waals surface area contributed by atoms with Gasteiger partial charge >= 0.3 is 0 Å². The molecule has 1 aliphatic heterocycles. The van der Waals surface area contributed by atoms with E-state index in [1.165, 1.54) is 12.1 Å². The molecule has 2 aromatic carbocycles. The van der Waals surface area contributed by atoms with E-state index in [2.05, 4.69) is 15.5 Å². The molecule has 3 rings (SSSR count). The molecule has 30 heavy (non-hydrogen) atoms. The smallest absolute Gasteiger partial charge is 0.267 e. The van der Waals surface area contributed by atoms with Crippen molar-refractivity contribution < 1.29 is 18.7 Å². The van der Waals surface area contributed by atoms with Gasteiger partial charge in [0, 0.05) is 37.3 Å². The Morgan fingerprint density at radius 1 is 1.10 bits per heavy atom. The topological polar surface area (TPSA) is 70.7 Å². The second-order valence-corrected chi connectivity index (χ2v) is 7.11. The van der Waals surface area contributed by atoms with Gasteiger partial charge in [-0.1, -0.05) is 35.9 Å². The van der Waals surface area contributed by atoms with Crippen molar-refractivity contribution in [3.63, 3.8) is 0 Å². The van der Waals surface area contributed by atoms with Crippen molar-refractivity contribution in [2.75, 3.05) is 39.4 Å². The fourth-order valence-corrected chi connectivity index (χ4v) is 3.05. The second-order valence-electron chi connectivity index (χ2n) is 7.11. The molecule has 0 spiro atoms. The number of amides is 2. The Hall–Kier alpha value is -3.03. The summed E-state index contributed by atoms with van der Waals surface area (Å²) in [5, 5.41) is 5.44. The molecule has 0 saturated carbocycles. The molecule has 158 valence electrons. The van der Waals surface area contributed by atoms with Crippen LogP contribution in [0.2, 0.25) is 0 Å². The standard InChI is InChI=1S/C23H26FN3O3/c1-17-6-8-18(9-7-17)22(28)26-21(16-19-4-2-3-5-20(19)24)23(29)25-10-11-27-12-14-30-15-13-27/h2-9,16H,10-15H2,1H3,(H,25,29)(H,26,28). The average Bonchev–Trinajstić information content (AvgIpc) is 2.76. The zero-order valence-corrected chi connectivity index (χ0v) is 17.0. The lowest BCUT2D eigenvalue weighted by Gasteiger charge is -2.26. The van der Waals surface area contributed by atoms with E-state index in [0.717, 1.165) is 18.7 Å². The van der Waals surface area contributed by atoms with Crippen LogP contribution < -0.4 is 10.6 Å².